The molecular weight excluding hydrogens is 463 g/mol. The second-order valence-corrected chi connectivity index (χ2v) is 8.85. The van der Waals surface area contributed by atoms with Crippen LogP contribution in [0.1, 0.15) is 19.0 Å². The third-order valence-corrected chi connectivity index (χ3v) is 6.73. The Bertz CT molecular complexity index is 1180. The van der Waals surface area contributed by atoms with E-state index in [0.717, 1.165) is 31.1 Å². The molecule has 184 valence electrons. The summed E-state index contributed by atoms with van der Waals surface area (Å²) in [5, 5.41) is 11.6. The number of pyridine rings is 1. The van der Waals surface area contributed by atoms with E-state index in [0.29, 0.717) is 17.8 Å². The van der Waals surface area contributed by atoms with E-state index in [1.807, 2.05) is 13.0 Å². The van der Waals surface area contributed by atoms with E-state index in [-0.39, 0.29) is 23.4 Å². The van der Waals surface area contributed by atoms with Gasteiger partial charge in [-0.1, -0.05) is 18.5 Å². The van der Waals surface area contributed by atoms with E-state index in [1.54, 1.807) is 0 Å². The molecule has 1 saturated carbocycles. The largest absolute Gasteiger partial charge is 0.483 e. The van der Waals surface area contributed by atoms with Gasteiger partial charge in [0, 0.05) is 37.3 Å². The van der Waals surface area contributed by atoms with Gasteiger partial charge in [0.15, 0.2) is 18.0 Å². The molecule has 8 nitrogen and oxygen atoms in total. The molecule has 0 radical (unpaired) electrons. The van der Waals surface area contributed by atoms with Crippen molar-refractivity contribution in [3.63, 3.8) is 0 Å². The lowest BCUT2D eigenvalue weighted by molar-refractivity contribution is -0.289. The number of nitrogens with one attached hydrogen (secondary N) is 1. The first-order chi connectivity index (χ1) is 16.1. The number of aromatic nitrogens is 4. The third kappa shape index (κ3) is 3.80. The first-order valence-electron chi connectivity index (χ1n) is 10.9. The Labute approximate surface area is 191 Å². The van der Waals surface area contributed by atoms with Gasteiger partial charge < -0.3 is 19.5 Å². The molecule has 2 fully saturated rings. The molecule has 0 aromatic carbocycles. The fourth-order valence-corrected chi connectivity index (χ4v) is 5.03. The smallest absolute Gasteiger partial charge is 0.456 e. The SMILES string of the molecule is CC[C@@H]1C2CN(c3cc(C)no3)C[C@H]2[C@@H]1Nc1nc2c(OCC(F)(F)C(F)(F)F)cccn2n1. The summed E-state index contributed by atoms with van der Waals surface area (Å²) in [5.74, 6) is -3.04. The van der Waals surface area contributed by atoms with Gasteiger partial charge in [0.25, 0.3) is 0 Å². The molecule has 5 rings (SSSR count). The molecule has 3 aromatic heterocycles. The van der Waals surface area contributed by atoms with Crippen molar-refractivity contribution < 1.29 is 31.2 Å². The summed E-state index contributed by atoms with van der Waals surface area (Å²) in [6.07, 6.45) is -3.24. The predicted molar refractivity (Wildman–Crippen MR) is 111 cm³/mol. The lowest BCUT2D eigenvalue weighted by atomic mass is 9.61. The zero-order valence-corrected chi connectivity index (χ0v) is 18.4. The number of hydrogen-bond acceptors (Lipinski definition) is 7. The monoisotopic (exact) mass is 486 g/mol. The molecule has 3 aromatic rings. The van der Waals surface area contributed by atoms with Gasteiger partial charge >= 0.3 is 12.1 Å². The molecule has 4 atom stereocenters. The average Bonchev–Trinajstić information content (AvgIpc) is 3.47. The number of alkyl halides is 5. The maximum atomic E-state index is 13.3. The van der Waals surface area contributed by atoms with E-state index in [9.17, 15) is 22.0 Å². The minimum Gasteiger partial charge on any atom is -0.483 e. The van der Waals surface area contributed by atoms with Gasteiger partial charge in [-0.15, -0.1) is 5.10 Å². The van der Waals surface area contributed by atoms with Crippen LogP contribution in [-0.2, 0) is 0 Å². The lowest BCUT2D eigenvalue weighted by Crippen LogP contribution is -2.54. The molecule has 0 bridgehead atoms. The summed E-state index contributed by atoms with van der Waals surface area (Å²) in [7, 11) is 0. The summed E-state index contributed by atoms with van der Waals surface area (Å²) in [6, 6.07) is 4.71. The topological polar surface area (TPSA) is 80.7 Å². The summed E-state index contributed by atoms with van der Waals surface area (Å²) >= 11 is 0. The Balaban J connectivity index is 1.31. The second kappa shape index (κ2) is 7.98. The van der Waals surface area contributed by atoms with Crippen molar-refractivity contribution >= 4 is 17.5 Å². The molecule has 34 heavy (non-hydrogen) atoms. The number of rotatable bonds is 7. The second-order valence-electron chi connectivity index (χ2n) is 8.85. The van der Waals surface area contributed by atoms with Crippen molar-refractivity contribution in [1.82, 2.24) is 19.8 Å². The van der Waals surface area contributed by atoms with E-state index in [1.165, 1.54) is 22.8 Å². The summed E-state index contributed by atoms with van der Waals surface area (Å²) in [5.41, 5.74) is 0.868. The highest BCUT2D eigenvalue weighted by Gasteiger charge is 2.58. The van der Waals surface area contributed by atoms with Crippen molar-refractivity contribution in [3.8, 4) is 5.75 Å². The number of fused-ring (bicyclic) bond motifs is 2. The van der Waals surface area contributed by atoms with Gasteiger partial charge in [-0.25, -0.2) is 4.52 Å². The molecule has 1 aliphatic carbocycles. The molecule has 1 saturated heterocycles. The number of aryl methyl sites for hydroxylation is 1. The minimum absolute atomic E-state index is 0.0529. The van der Waals surface area contributed by atoms with Gasteiger partial charge in [-0.3, -0.25) is 0 Å². The maximum Gasteiger partial charge on any atom is 0.456 e. The highest BCUT2D eigenvalue weighted by molar-refractivity contribution is 5.56. The van der Waals surface area contributed by atoms with Crippen molar-refractivity contribution in [3.05, 3.63) is 30.1 Å². The van der Waals surface area contributed by atoms with Crippen LogP contribution in [0.5, 0.6) is 5.75 Å². The van der Waals surface area contributed by atoms with Gasteiger partial charge in [0.2, 0.25) is 11.8 Å². The Hall–Kier alpha value is -3.12. The van der Waals surface area contributed by atoms with Gasteiger partial charge in [-0.2, -0.15) is 26.9 Å². The number of halogens is 5. The van der Waals surface area contributed by atoms with Crippen molar-refractivity contribution in [2.24, 2.45) is 17.8 Å². The quantitative estimate of drug-likeness (QED) is 0.502. The normalized spacial score (nSPS) is 24.9. The van der Waals surface area contributed by atoms with Crippen LogP contribution in [0, 0.1) is 24.7 Å². The standard InChI is InChI=1S/C21H23F5N6O2/c1-3-12-13-8-31(16-7-11(2)30-34-16)9-14(13)17(12)27-19-28-18-15(5-4-6-32(18)29-19)33-10-20(22,23)21(24,25)26/h4-7,12-14,17H,3,8-10H2,1-2H3,(H,27,29)/t12-,13?,14-,17-/m1/s1. The molecule has 1 N–H and O–H groups in total. The lowest BCUT2D eigenvalue weighted by Gasteiger charge is -2.47. The fourth-order valence-electron chi connectivity index (χ4n) is 5.03. The first kappa shape index (κ1) is 22.7. The molecular formula is C21H23F5N6O2. The fraction of sp³-hybridized carbons (Fsp3) is 0.571. The van der Waals surface area contributed by atoms with Crippen LogP contribution in [-0.4, -0.2) is 57.6 Å². The Kier molecular flexibility index (Phi) is 5.32. The molecule has 0 amide bonds. The van der Waals surface area contributed by atoms with Crippen LogP contribution in [0.2, 0.25) is 0 Å². The van der Waals surface area contributed by atoms with Gasteiger partial charge in [-0.05, 0) is 30.9 Å². The first-order valence-corrected chi connectivity index (χ1v) is 10.9. The molecule has 1 aliphatic heterocycles. The highest BCUT2D eigenvalue weighted by atomic mass is 19.4. The molecule has 0 spiro atoms. The van der Waals surface area contributed by atoms with Gasteiger partial charge in [0.05, 0.1) is 5.69 Å². The summed E-state index contributed by atoms with van der Waals surface area (Å²) in [4.78, 5) is 6.48. The zero-order valence-electron chi connectivity index (χ0n) is 18.4. The van der Waals surface area contributed by atoms with E-state index >= 15 is 0 Å². The van der Waals surface area contributed by atoms with Gasteiger partial charge in [0.1, 0.15) is 0 Å². The van der Waals surface area contributed by atoms with Crippen LogP contribution in [0.25, 0.3) is 5.65 Å². The van der Waals surface area contributed by atoms with E-state index < -0.39 is 18.7 Å². The highest BCUT2D eigenvalue weighted by Crippen LogP contribution is 2.49. The van der Waals surface area contributed by atoms with Crippen molar-refractivity contribution in [2.45, 2.75) is 38.4 Å². The van der Waals surface area contributed by atoms with E-state index in [2.05, 4.69) is 32.4 Å². The van der Waals surface area contributed by atoms with Crippen molar-refractivity contribution in [2.75, 3.05) is 29.9 Å². The van der Waals surface area contributed by atoms with Crippen LogP contribution in [0.4, 0.5) is 33.8 Å². The zero-order chi connectivity index (χ0) is 24.3. The van der Waals surface area contributed by atoms with Crippen LogP contribution < -0.4 is 15.0 Å². The molecule has 13 heteroatoms. The minimum atomic E-state index is -5.70. The van der Waals surface area contributed by atoms with E-state index in [4.69, 9.17) is 9.26 Å². The molecule has 1 unspecified atom stereocenters. The Morgan fingerprint density at radius 2 is 1.97 bits per heavy atom. The number of ether oxygens (including phenoxy) is 1. The summed E-state index contributed by atoms with van der Waals surface area (Å²) in [6.45, 7) is 3.78. The Morgan fingerprint density at radius 3 is 2.65 bits per heavy atom. The third-order valence-electron chi connectivity index (χ3n) is 6.73. The number of hydrogen-bond donors (Lipinski definition) is 1. The molecule has 2 aliphatic rings. The molecule has 4 heterocycles. The van der Waals surface area contributed by atoms with Crippen LogP contribution in [0.15, 0.2) is 28.9 Å². The maximum absolute atomic E-state index is 13.3. The number of anilines is 2. The average molecular weight is 486 g/mol. The Morgan fingerprint density at radius 1 is 1.21 bits per heavy atom. The van der Waals surface area contributed by atoms with Crippen LogP contribution in [0.3, 0.4) is 0 Å². The summed E-state index contributed by atoms with van der Waals surface area (Å²) < 4.78 is 75.5. The van der Waals surface area contributed by atoms with Crippen molar-refractivity contribution in [1.29, 1.82) is 0 Å². The van der Waals surface area contributed by atoms with Crippen LogP contribution >= 0.6 is 0 Å². The predicted octanol–water partition coefficient (Wildman–Crippen LogP) is 4.18. The number of nitrogens with zero attached hydrogens (tertiary/aromatic N) is 5.